The Morgan fingerprint density at radius 2 is 2.24 bits per heavy atom. The van der Waals surface area contributed by atoms with Crippen molar-refractivity contribution in [3.63, 3.8) is 0 Å². The molecule has 9 heteroatoms. The van der Waals surface area contributed by atoms with Gasteiger partial charge in [0.2, 0.25) is 5.91 Å². The Labute approximate surface area is 124 Å². The molecule has 1 aromatic carbocycles. The monoisotopic (exact) mass is 330 g/mol. The van der Waals surface area contributed by atoms with Crippen LogP contribution in [0.15, 0.2) is 18.2 Å². The fourth-order valence-electron chi connectivity index (χ4n) is 2.18. The molecule has 1 saturated heterocycles. The van der Waals surface area contributed by atoms with Gasteiger partial charge in [-0.1, -0.05) is 11.3 Å². The lowest BCUT2D eigenvalue weighted by molar-refractivity contribution is -0.117. The molecule has 2 aromatic rings. The van der Waals surface area contributed by atoms with Gasteiger partial charge in [-0.3, -0.25) is 9.69 Å². The molecule has 0 saturated carbocycles. The predicted molar refractivity (Wildman–Crippen MR) is 77.0 cm³/mol. The minimum atomic E-state index is -4.72. The van der Waals surface area contributed by atoms with Crippen LogP contribution in [0.2, 0.25) is 0 Å². The van der Waals surface area contributed by atoms with Crippen LogP contribution >= 0.6 is 11.3 Å². The number of benzene rings is 1. The van der Waals surface area contributed by atoms with E-state index in [-0.39, 0.29) is 13.0 Å². The van der Waals surface area contributed by atoms with E-state index < -0.39 is 21.4 Å². The van der Waals surface area contributed by atoms with Gasteiger partial charge in [0.1, 0.15) is 11.0 Å². The molecule has 0 aliphatic carbocycles. The van der Waals surface area contributed by atoms with Crippen molar-refractivity contribution in [1.29, 1.82) is 0 Å². The molecule has 0 radical (unpaired) electrons. The second kappa shape index (κ2) is 4.92. The molecule has 1 aliphatic heterocycles. The number of carbonyl (C=O) groups excluding carboxylic acids is 1. The van der Waals surface area contributed by atoms with Crippen molar-refractivity contribution in [2.45, 2.75) is 11.7 Å². The molecule has 0 bridgehead atoms. The zero-order valence-corrected chi connectivity index (χ0v) is 12.6. The first kappa shape index (κ1) is 14.2. The summed E-state index contributed by atoms with van der Waals surface area (Å²) < 4.78 is 40.8. The smallest absolute Gasteiger partial charge is 0.307 e. The molecule has 1 unspecified atom stereocenters. The minimum Gasteiger partial charge on any atom is -0.497 e. The molecule has 0 spiro atoms. The molecule has 1 atom stereocenters. The average molecular weight is 330 g/mol. The number of ether oxygens (including phenoxy) is 1. The Hall–Kier alpha value is -1.74. The number of amides is 1. The van der Waals surface area contributed by atoms with Gasteiger partial charge in [-0.25, -0.2) is 4.98 Å². The van der Waals surface area contributed by atoms with Gasteiger partial charge in [0.25, 0.3) is 0 Å². The van der Waals surface area contributed by atoms with E-state index in [4.69, 9.17) is 4.74 Å². The van der Waals surface area contributed by atoms with Crippen LogP contribution in [0.4, 0.5) is 9.02 Å². The summed E-state index contributed by atoms with van der Waals surface area (Å²) in [6.45, 7) is -0.200. The quantitative estimate of drug-likeness (QED) is 0.801. The van der Waals surface area contributed by atoms with Gasteiger partial charge in [0.05, 0.1) is 17.3 Å². The zero-order chi connectivity index (χ0) is 15.2. The number of thiazole rings is 1. The SMILES string of the molecule is COc1ccc2nc(N3CC(S(=O)(=O)F)CC3=O)sc2c1. The van der Waals surface area contributed by atoms with Gasteiger partial charge in [-0.05, 0) is 18.2 Å². The van der Waals surface area contributed by atoms with E-state index >= 15 is 0 Å². The maximum absolute atomic E-state index is 13.0. The van der Waals surface area contributed by atoms with E-state index in [1.807, 2.05) is 0 Å². The molecule has 112 valence electrons. The maximum atomic E-state index is 13.0. The number of hydrogen-bond donors (Lipinski definition) is 0. The van der Waals surface area contributed by atoms with Gasteiger partial charge in [-0.2, -0.15) is 8.42 Å². The van der Waals surface area contributed by atoms with Crippen LogP contribution < -0.4 is 9.64 Å². The highest BCUT2D eigenvalue weighted by Crippen LogP contribution is 2.34. The molecule has 2 heterocycles. The highest BCUT2D eigenvalue weighted by Gasteiger charge is 2.40. The summed E-state index contributed by atoms with van der Waals surface area (Å²) >= 11 is 1.24. The molecule has 1 aromatic heterocycles. The van der Waals surface area contributed by atoms with E-state index in [1.54, 1.807) is 25.3 Å². The molecular formula is C12H11FN2O4S2. The topological polar surface area (TPSA) is 76.6 Å². The van der Waals surface area contributed by atoms with Crippen LogP contribution in [0, 0.1) is 0 Å². The molecule has 21 heavy (non-hydrogen) atoms. The van der Waals surface area contributed by atoms with Crippen LogP contribution in [0.3, 0.4) is 0 Å². The number of halogens is 1. The largest absolute Gasteiger partial charge is 0.497 e. The third-order valence-corrected chi connectivity index (χ3v) is 5.46. The van der Waals surface area contributed by atoms with E-state index in [0.717, 1.165) is 4.70 Å². The van der Waals surface area contributed by atoms with Crippen molar-refractivity contribution in [2.75, 3.05) is 18.6 Å². The van der Waals surface area contributed by atoms with Gasteiger partial charge in [0, 0.05) is 13.0 Å². The summed E-state index contributed by atoms with van der Waals surface area (Å²) in [5.74, 6) is 0.224. The number of anilines is 1. The highest BCUT2D eigenvalue weighted by atomic mass is 32.3. The van der Waals surface area contributed by atoms with Crippen molar-refractivity contribution in [3.05, 3.63) is 18.2 Å². The molecular weight excluding hydrogens is 319 g/mol. The highest BCUT2D eigenvalue weighted by molar-refractivity contribution is 7.87. The fourth-order valence-corrected chi connectivity index (χ4v) is 3.87. The van der Waals surface area contributed by atoms with Gasteiger partial charge >= 0.3 is 10.2 Å². The summed E-state index contributed by atoms with van der Waals surface area (Å²) in [6, 6.07) is 5.27. The van der Waals surface area contributed by atoms with Crippen LogP contribution in [0.5, 0.6) is 5.75 Å². The number of aromatic nitrogens is 1. The summed E-state index contributed by atoms with van der Waals surface area (Å²) in [4.78, 5) is 17.4. The van der Waals surface area contributed by atoms with Gasteiger partial charge in [0.15, 0.2) is 5.13 Å². The van der Waals surface area contributed by atoms with Gasteiger partial charge in [-0.15, -0.1) is 3.89 Å². The summed E-state index contributed by atoms with van der Waals surface area (Å²) in [5, 5.41) is -0.944. The third-order valence-electron chi connectivity index (χ3n) is 3.30. The Balaban J connectivity index is 1.95. The zero-order valence-electron chi connectivity index (χ0n) is 10.9. The molecule has 1 fully saturated rings. The average Bonchev–Trinajstić information content (AvgIpc) is 2.99. The first-order valence-electron chi connectivity index (χ1n) is 6.07. The number of hydrogen-bond acceptors (Lipinski definition) is 6. The summed E-state index contributed by atoms with van der Waals surface area (Å²) in [6.07, 6.45) is -0.349. The Kier molecular flexibility index (Phi) is 3.33. The van der Waals surface area contributed by atoms with E-state index in [0.29, 0.717) is 16.4 Å². The lowest BCUT2D eigenvalue weighted by atomic mass is 10.3. The second-order valence-corrected chi connectivity index (χ2v) is 7.26. The van der Waals surface area contributed by atoms with Crippen molar-refractivity contribution in [2.24, 2.45) is 0 Å². The normalized spacial score (nSPS) is 19.4. The first-order chi connectivity index (χ1) is 9.88. The van der Waals surface area contributed by atoms with Crippen molar-refractivity contribution in [3.8, 4) is 5.75 Å². The Bertz CT molecular complexity index is 818. The van der Waals surface area contributed by atoms with Crippen molar-refractivity contribution in [1.82, 2.24) is 4.98 Å². The molecule has 0 N–H and O–H groups in total. The first-order valence-corrected chi connectivity index (χ1v) is 8.33. The van der Waals surface area contributed by atoms with Crippen LogP contribution in [-0.2, 0) is 15.0 Å². The van der Waals surface area contributed by atoms with E-state index in [1.165, 1.54) is 16.2 Å². The van der Waals surface area contributed by atoms with Crippen LogP contribution in [-0.4, -0.2) is 38.2 Å². The molecule has 3 rings (SSSR count). The number of fused-ring (bicyclic) bond motifs is 1. The standard InChI is InChI=1S/C12H11FN2O4S2/c1-19-7-2-3-9-10(4-7)20-12(14-9)15-6-8(5-11(15)16)21(13,17)18/h2-4,8H,5-6H2,1H3. The summed E-state index contributed by atoms with van der Waals surface area (Å²) in [5.41, 5.74) is 0.676. The van der Waals surface area contributed by atoms with Gasteiger partial charge < -0.3 is 4.74 Å². The molecule has 1 amide bonds. The second-order valence-electron chi connectivity index (χ2n) is 4.64. The Morgan fingerprint density at radius 1 is 1.48 bits per heavy atom. The molecule has 1 aliphatic rings. The number of methoxy groups -OCH3 is 1. The van der Waals surface area contributed by atoms with E-state index in [2.05, 4.69) is 4.98 Å². The van der Waals surface area contributed by atoms with E-state index in [9.17, 15) is 17.1 Å². The number of carbonyl (C=O) groups is 1. The Morgan fingerprint density at radius 3 is 2.86 bits per heavy atom. The van der Waals surface area contributed by atoms with Crippen LogP contribution in [0.25, 0.3) is 10.2 Å². The van der Waals surface area contributed by atoms with Crippen molar-refractivity contribution < 1.29 is 21.8 Å². The fraction of sp³-hybridized carbons (Fsp3) is 0.333. The maximum Gasteiger partial charge on any atom is 0.307 e. The van der Waals surface area contributed by atoms with Crippen molar-refractivity contribution >= 4 is 42.8 Å². The number of rotatable bonds is 3. The lowest BCUT2D eigenvalue weighted by Crippen LogP contribution is -2.26. The summed E-state index contributed by atoms with van der Waals surface area (Å²) in [7, 11) is -3.18. The van der Waals surface area contributed by atoms with Crippen LogP contribution in [0.1, 0.15) is 6.42 Å². The minimum absolute atomic E-state index is 0.200. The predicted octanol–water partition coefficient (Wildman–Crippen LogP) is 1.71. The number of nitrogens with zero attached hydrogens (tertiary/aromatic N) is 2. The third kappa shape index (κ3) is 2.58. The molecule has 6 nitrogen and oxygen atoms in total. The lowest BCUT2D eigenvalue weighted by Gasteiger charge is -2.11.